The molecule has 0 spiro atoms. The molecule has 0 saturated carbocycles. The molecule has 0 atom stereocenters. The number of halogens is 2. The number of imidazole rings is 1. The number of anilines is 2. The molecule has 0 unspecified atom stereocenters. The van der Waals surface area contributed by atoms with E-state index in [9.17, 15) is 9.59 Å². The highest BCUT2D eigenvalue weighted by Crippen LogP contribution is 2.30. The number of carbonyl (C=O) groups excluding carboxylic acids is 1. The summed E-state index contributed by atoms with van der Waals surface area (Å²) in [4.78, 5) is 24.7. The van der Waals surface area contributed by atoms with Crippen LogP contribution < -0.4 is 51.4 Å². The zero-order chi connectivity index (χ0) is 19.7. The number of hydrogen-bond acceptors (Lipinski definition) is 6. The number of hydrogen-bond donors (Lipinski definition) is 2. The number of nitrogens with zero attached hydrogens (tertiary/aromatic N) is 2. The molecule has 0 fully saturated rings. The number of methoxy groups -OCH3 is 2. The quantitative estimate of drug-likeness (QED) is 0.403. The fraction of sp³-hybridized carbons (Fsp3) is 0.158. The van der Waals surface area contributed by atoms with Gasteiger partial charge in [0.05, 0.1) is 37.0 Å². The normalized spacial score (nSPS) is 9.90. The molecule has 8 nitrogen and oxygen atoms in total. The zero-order valence-corrected chi connectivity index (χ0v) is 17.5. The largest absolute Gasteiger partial charge is 1.00 e. The van der Waals surface area contributed by atoms with Gasteiger partial charge in [-0.1, -0.05) is 0 Å². The van der Waals surface area contributed by atoms with Crippen LogP contribution in [0.3, 0.4) is 0 Å². The maximum Gasteiger partial charge on any atom is 0.340 e. The Hall–Kier alpha value is -3.10. The van der Waals surface area contributed by atoms with Gasteiger partial charge in [0.1, 0.15) is 11.5 Å². The molecule has 29 heavy (non-hydrogen) atoms. The Labute approximate surface area is 179 Å². The number of nitrogens with two attached hydrogens (primary N) is 2. The van der Waals surface area contributed by atoms with Crippen LogP contribution in [-0.2, 0) is 0 Å². The summed E-state index contributed by atoms with van der Waals surface area (Å²) in [6, 6.07) is 10.1. The lowest BCUT2D eigenvalue weighted by Crippen LogP contribution is -3.00. The Morgan fingerprint density at radius 3 is 1.97 bits per heavy atom. The van der Waals surface area contributed by atoms with Crippen LogP contribution in [0.1, 0.15) is 11.7 Å². The van der Waals surface area contributed by atoms with Crippen molar-refractivity contribution in [1.29, 1.82) is 0 Å². The van der Waals surface area contributed by atoms with Crippen molar-refractivity contribution in [1.82, 2.24) is 9.13 Å². The van der Waals surface area contributed by atoms with E-state index in [1.807, 2.05) is 0 Å². The van der Waals surface area contributed by atoms with E-state index in [0.29, 0.717) is 39.8 Å². The first-order valence-electron chi connectivity index (χ1n) is 8.10. The Kier molecular flexibility index (Phi) is 7.76. The summed E-state index contributed by atoms with van der Waals surface area (Å²) in [6.45, 7) is 1.32. The highest BCUT2D eigenvalue weighted by Gasteiger charge is 2.18. The van der Waals surface area contributed by atoms with Gasteiger partial charge in [0, 0.05) is 18.7 Å². The van der Waals surface area contributed by atoms with E-state index in [2.05, 4.69) is 0 Å². The molecule has 0 amide bonds. The van der Waals surface area contributed by atoms with Crippen molar-refractivity contribution < 1.29 is 39.1 Å². The van der Waals surface area contributed by atoms with E-state index in [-0.39, 0.29) is 24.8 Å². The molecular formula is C19H20Cl2N4O4-2. The van der Waals surface area contributed by atoms with Gasteiger partial charge in [0.2, 0.25) is 5.91 Å². The predicted molar refractivity (Wildman–Crippen MR) is 104 cm³/mol. The fourth-order valence-corrected chi connectivity index (χ4v) is 2.88. The van der Waals surface area contributed by atoms with Crippen LogP contribution in [0.4, 0.5) is 11.4 Å². The Bertz CT molecular complexity index is 1090. The molecule has 0 bridgehead atoms. The third kappa shape index (κ3) is 4.33. The third-order valence-electron chi connectivity index (χ3n) is 4.23. The van der Waals surface area contributed by atoms with Gasteiger partial charge in [-0.15, -0.1) is 0 Å². The van der Waals surface area contributed by atoms with E-state index < -0.39 is 11.6 Å². The van der Waals surface area contributed by atoms with Gasteiger partial charge in [-0.3, -0.25) is 9.36 Å². The first kappa shape index (κ1) is 23.9. The highest BCUT2D eigenvalue weighted by atomic mass is 35.5. The van der Waals surface area contributed by atoms with E-state index in [0.717, 1.165) is 4.57 Å². The van der Waals surface area contributed by atoms with Crippen molar-refractivity contribution in [2.24, 2.45) is 0 Å². The minimum atomic E-state index is -0.503. The molecule has 1 aromatic heterocycles. The van der Waals surface area contributed by atoms with Gasteiger partial charge in [-0.05, 0) is 36.4 Å². The standard InChI is InChI=1S/C19H20N4O4.2ClH/c1-11(24)22-10-16(12-4-6-17(26-2)14(20)8-12)23(19(22)25)13-5-7-18(27-3)15(21)9-13;;/h4-10H,20-21H2,1-3H3;2*1H/p-2. The highest BCUT2D eigenvalue weighted by molar-refractivity contribution is 5.79. The molecule has 10 heteroatoms. The first-order valence-corrected chi connectivity index (χ1v) is 8.10. The molecule has 0 saturated heterocycles. The summed E-state index contributed by atoms with van der Waals surface area (Å²) in [6.07, 6.45) is 1.48. The predicted octanol–water partition coefficient (Wildman–Crippen LogP) is -3.84. The smallest absolute Gasteiger partial charge is 0.340 e. The van der Waals surface area contributed by atoms with Gasteiger partial charge < -0.3 is 45.8 Å². The maximum atomic E-state index is 12.9. The van der Waals surface area contributed by atoms with Crippen molar-refractivity contribution in [2.45, 2.75) is 6.92 Å². The monoisotopic (exact) mass is 438 g/mol. The number of rotatable bonds is 4. The van der Waals surface area contributed by atoms with Gasteiger partial charge in [-0.2, -0.15) is 0 Å². The molecule has 2 aromatic carbocycles. The molecular weight excluding hydrogens is 419 g/mol. The number of benzene rings is 2. The number of nitrogen functional groups attached to an aromatic ring is 2. The maximum absolute atomic E-state index is 12.9. The summed E-state index contributed by atoms with van der Waals surface area (Å²) in [5.74, 6) is 0.614. The van der Waals surface area contributed by atoms with Crippen molar-refractivity contribution in [3.8, 4) is 28.4 Å². The second kappa shape index (κ2) is 9.40. The van der Waals surface area contributed by atoms with E-state index in [4.69, 9.17) is 20.9 Å². The molecule has 1 heterocycles. The van der Waals surface area contributed by atoms with Crippen LogP contribution in [0.15, 0.2) is 47.4 Å². The van der Waals surface area contributed by atoms with Crippen molar-refractivity contribution in [3.63, 3.8) is 0 Å². The molecule has 0 radical (unpaired) electrons. The first-order chi connectivity index (χ1) is 12.9. The van der Waals surface area contributed by atoms with Crippen LogP contribution in [0.2, 0.25) is 0 Å². The molecule has 0 aliphatic heterocycles. The summed E-state index contributed by atoms with van der Waals surface area (Å²) in [5.41, 5.74) is 13.9. The average molecular weight is 439 g/mol. The Morgan fingerprint density at radius 1 is 0.931 bits per heavy atom. The molecule has 4 N–H and O–H groups in total. The number of ether oxygens (including phenoxy) is 2. The fourth-order valence-electron chi connectivity index (χ4n) is 2.88. The summed E-state index contributed by atoms with van der Waals surface area (Å²) in [7, 11) is 3.03. The Balaban J connectivity index is 0.00000210. The Morgan fingerprint density at radius 2 is 1.48 bits per heavy atom. The summed E-state index contributed by atoms with van der Waals surface area (Å²) in [5, 5.41) is 0. The van der Waals surface area contributed by atoms with E-state index in [1.165, 1.54) is 31.9 Å². The summed E-state index contributed by atoms with van der Waals surface area (Å²) < 4.78 is 12.8. The zero-order valence-electron chi connectivity index (χ0n) is 16.0. The lowest BCUT2D eigenvalue weighted by molar-refractivity contribution is -0.00100. The van der Waals surface area contributed by atoms with Crippen LogP contribution in [-0.4, -0.2) is 29.3 Å². The van der Waals surface area contributed by atoms with Gasteiger partial charge >= 0.3 is 5.69 Å². The van der Waals surface area contributed by atoms with Gasteiger partial charge in [0.25, 0.3) is 0 Å². The topological polar surface area (TPSA) is 114 Å². The van der Waals surface area contributed by atoms with Crippen molar-refractivity contribution in [2.75, 3.05) is 25.7 Å². The lowest BCUT2D eigenvalue weighted by atomic mass is 10.1. The minimum absolute atomic E-state index is 0. The minimum Gasteiger partial charge on any atom is -1.00 e. The van der Waals surface area contributed by atoms with Crippen LogP contribution in [0, 0.1) is 0 Å². The molecule has 156 valence electrons. The van der Waals surface area contributed by atoms with Crippen LogP contribution in [0.5, 0.6) is 11.5 Å². The molecule has 3 rings (SSSR count). The van der Waals surface area contributed by atoms with Gasteiger partial charge in [0.15, 0.2) is 0 Å². The average Bonchev–Trinajstić information content (AvgIpc) is 2.99. The van der Waals surface area contributed by atoms with E-state index in [1.54, 1.807) is 36.4 Å². The molecule has 3 aromatic rings. The molecule has 0 aliphatic rings. The van der Waals surface area contributed by atoms with Crippen molar-refractivity contribution in [3.05, 3.63) is 53.1 Å². The lowest BCUT2D eigenvalue weighted by Gasteiger charge is -2.11. The second-order valence-corrected chi connectivity index (χ2v) is 5.90. The number of aromatic nitrogens is 2. The van der Waals surface area contributed by atoms with E-state index >= 15 is 0 Å². The molecule has 0 aliphatic carbocycles. The SMILES string of the molecule is COc1ccc(-c2cn(C(C)=O)c(=O)n2-c2ccc(OC)c(N)c2)cc1N.[Cl-].[Cl-]. The van der Waals surface area contributed by atoms with Crippen molar-refractivity contribution >= 4 is 17.3 Å². The summed E-state index contributed by atoms with van der Waals surface area (Å²) >= 11 is 0. The van der Waals surface area contributed by atoms with Gasteiger partial charge in [-0.25, -0.2) is 9.36 Å². The third-order valence-corrected chi connectivity index (χ3v) is 4.23. The second-order valence-electron chi connectivity index (χ2n) is 5.90. The van der Waals surface area contributed by atoms with Crippen LogP contribution >= 0.6 is 0 Å². The van der Waals surface area contributed by atoms with Crippen LogP contribution in [0.25, 0.3) is 16.9 Å². The number of carbonyl (C=O) groups is 1.